The number of thiophene rings is 1. The molecule has 1 aliphatic carbocycles. The van der Waals surface area contributed by atoms with Crippen LogP contribution in [-0.4, -0.2) is 9.55 Å². The van der Waals surface area contributed by atoms with E-state index in [-0.39, 0.29) is 5.82 Å². The molecule has 5 heteroatoms. The average molecular weight is 273 g/mol. The molecule has 1 saturated carbocycles. The fourth-order valence-electron chi connectivity index (χ4n) is 2.46. The second-order valence-corrected chi connectivity index (χ2v) is 5.82. The SMILES string of the molecule is Nc1sccc1-c1nc2ccc(F)cc2n1C1CC1. The Morgan fingerprint density at radius 2 is 2.16 bits per heavy atom. The molecule has 0 radical (unpaired) electrons. The van der Waals surface area contributed by atoms with Crippen molar-refractivity contribution in [3.8, 4) is 11.4 Å². The molecule has 3 nitrogen and oxygen atoms in total. The molecule has 0 saturated heterocycles. The van der Waals surface area contributed by atoms with E-state index in [2.05, 4.69) is 9.55 Å². The quantitative estimate of drug-likeness (QED) is 0.771. The Balaban J connectivity index is 2.05. The minimum Gasteiger partial charge on any atom is -0.390 e. The lowest BCUT2D eigenvalue weighted by Gasteiger charge is -2.07. The molecule has 1 fully saturated rings. The van der Waals surface area contributed by atoms with Gasteiger partial charge in [-0.1, -0.05) is 0 Å². The standard InChI is InChI=1S/C14H12FN3S/c15-8-1-4-11-12(7-8)18(9-2-3-9)14(17-11)10-5-6-19-13(10)16/h1,4-7,9H,2-3,16H2. The maximum atomic E-state index is 13.5. The van der Waals surface area contributed by atoms with Crippen molar-refractivity contribution in [2.45, 2.75) is 18.9 Å². The molecule has 96 valence electrons. The molecule has 2 aromatic heterocycles. The Morgan fingerprint density at radius 1 is 1.32 bits per heavy atom. The zero-order chi connectivity index (χ0) is 13.0. The van der Waals surface area contributed by atoms with Crippen LogP contribution in [0.5, 0.6) is 0 Å². The highest BCUT2D eigenvalue weighted by atomic mass is 32.1. The monoisotopic (exact) mass is 273 g/mol. The van der Waals surface area contributed by atoms with E-state index in [1.807, 2.05) is 11.4 Å². The number of rotatable bonds is 2. The Morgan fingerprint density at radius 3 is 2.84 bits per heavy atom. The zero-order valence-corrected chi connectivity index (χ0v) is 11.0. The molecule has 3 aromatic rings. The molecule has 2 heterocycles. The van der Waals surface area contributed by atoms with Gasteiger partial charge in [0.15, 0.2) is 0 Å². The summed E-state index contributed by atoms with van der Waals surface area (Å²) in [7, 11) is 0. The first-order valence-electron chi connectivity index (χ1n) is 6.25. The topological polar surface area (TPSA) is 43.8 Å². The van der Waals surface area contributed by atoms with E-state index in [4.69, 9.17) is 5.73 Å². The minimum absolute atomic E-state index is 0.223. The maximum Gasteiger partial charge on any atom is 0.144 e. The Hall–Kier alpha value is -1.88. The second-order valence-electron chi connectivity index (χ2n) is 4.87. The van der Waals surface area contributed by atoms with Crippen molar-refractivity contribution in [3.63, 3.8) is 0 Å². The molecule has 0 bridgehead atoms. The predicted molar refractivity (Wildman–Crippen MR) is 75.7 cm³/mol. The first kappa shape index (κ1) is 11.0. The normalized spacial score (nSPS) is 15.2. The number of imidazole rings is 1. The van der Waals surface area contributed by atoms with Gasteiger partial charge >= 0.3 is 0 Å². The molecular formula is C14H12FN3S. The summed E-state index contributed by atoms with van der Waals surface area (Å²) in [4.78, 5) is 4.64. The van der Waals surface area contributed by atoms with Crippen LogP contribution in [0.2, 0.25) is 0 Å². The molecule has 0 spiro atoms. The predicted octanol–water partition coefficient (Wildman–Crippen LogP) is 3.82. The molecule has 4 rings (SSSR count). The number of halogens is 1. The average Bonchev–Trinajstić information content (AvgIpc) is 3.03. The fourth-order valence-corrected chi connectivity index (χ4v) is 3.10. The van der Waals surface area contributed by atoms with Crippen LogP contribution in [0.25, 0.3) is 22.4 Å². The van der Waals surface area contributed by atoms with Gasteiger partial charge in [0.2, 0.25) is 0 Å². The third kappa shape index (κ3) is 1.65. The Labute approximate surface area is 113 Å². The molecule has 1 aliphatic rings. The number of nitrogen functional groups attached to an aromatic ring is 1. The van der Waals surface area contributed by atoms with E-state index in [0.29, 0.717) is 6.04 Å². The number of aromatic nitrogens is 2. The van der Waals surface area contributed by atoms with E-state index in [1.165, 1.54) is 17.4 Å². The minimum atomic E-state index is -0.223. The first-order chi connectivity index (χ1) is 9.24. The summed E-state index contributed by atoms with van der Waals surface area (Å²) in [5.74, 6) is 0.640. The summed E-state index contributed by atoms with van der Waals surface area (Å²) in [5.41, 5.74) is 8.65. The molecule has 0 aliphatic heterocycles. The van der Waals surface area contributed by atoms with Crippen molar-refractivity contribution in [1.82, 2.24) is 9.55 Å². The summed E-state index contributed by atoms with van der Waals surface area (Å²) in [6.07, 6.45) is 2.25. The van der Waals surface area contributed by atoms with Gasteiger partial charge in [-0.15, -0.1) is 11.3 Å². The molecule has 0 amide bonds. The van der Waals surface area contributed by atoms with Gasteiger partial charge in [-0.25, -0.2) is 9.37 Å². The van der Waals surface area contributed by atoms with Gasteiger partial charge in [0, 0.05) is 6.04 Å². The van der Waals surface area contributed by atoms with Crippen LogP contribution in [0.3, 0.4) is 0 Å². The number of anilines is 1. The summed E-state index contributed by atoms with van der Waals surface area (Å²) in [6.45, 7) is 0. The van der Waals surface area contributed by atoms with Gasteiger partial charge < -0.3 is 10.3 Å². The maximum absolute atomic E-state index is 13.5. The summed E-state index contributed by atoms with van der Waals surface area (Å²) < 4.78 is 15.6. The number of hydrogen-bond acceptors (Lipinski definition) is 3. The highest BCUT2D eigenvalue weighted by Crippen LogP contribution is 2.43. The van der Waals surface area contributed by atoms with Crippen LogP contribution < -0.4 is 5.73 Å². The number of nitrogens with zero attached hydrogens (tertiary/aromatic N) is 2. The van der Waals surface area contributed by atoms with Crippen LogP contribution in [0.4, 0.5) is 9.39 Å². The van der Waals surface area contributed by atoms with Gasteiger partial charge in [0.05, 0.1) is 21.6 Å². The van der Waals surface area contributed by atoms with E-state index >= 15 is 0 Å². The Kier molecular flexibility index (Phi) is 2.20. The number of hydrogen-bond donors (Lipinski definition) is 1. The van der Waals surface area contributed by atoms with Crippen molar-refractivity contribution in [2.24, 2.45) is 0 Å². The number of nitrogens with two attached hydrogens (primary N) is 1. The third-order valence-corrected chi connectivity index (χ3v) is 4.25. The Bertz CT molecular complexity index is 770. The third-order valence-electron chi connectivity index (χ3n) is 3.50. The molecule has 2 N–H and O–H groups in total. The van der Waals surface area contributed by atoms with Gasteiger partial charge in [-0.2, -0.15) is 0 Å². The largest absolute Gasteiger partial charge is 0.390 e. The number of fused-ring (bicyclic) bond motifs is 1. The van der Waals surface area contributed by atoms with E-state index in [1.54, 1.807) is 12.1 Å². The van der Waals surface area contributed by atoms with Crippen molar-refractivity contribution in [1.29, 1.82) is 0 Å². The molecule has 1 aromatic carbocycles. The lowest BCUT2D eigenvalue weighted by atomic mass is 10.3. The summed E-state index contributed by atoms with van der Waals surface area (Å²) in [5, 5.41) is 2.72. The lowest BCUT2D eigenvalue weighted by Crippen LogP contribution is -1.98. The van der Waals surface area contributed by atoms with E-state index < -0.39 is 0 Å². The van der Waals surface area contributed by atoms with Crippen molar-refractivity contribution in [2.75, 3.05) is 5.73 Å². The van der Waals surface area contributed by atoms with Gasteiger partial charge in [-0.05, 0) is 42.5 Å². The van der Waals surface area contributed by atoms with E-state index in [0.717, 1.165) is 40.3 Å². The first-order valence-corrected chi connectivity index (χ1v) is 7.13. The second kappa shape index (κ2) is 3.81. The zero-order valence-electron chi connectivity index (χ0n) is 10.1. The number of benzene rings is 1. The van der Waals surface area contributed by atoms with Crippen molar-refractivity contribution in [3.05, 3.63) is 35.5 Å². The van der Waals surface area contributed by atoms with Gasteiger partial charge in [0.1, 0.15) is 11.6 Å². The summed E-state index contributed by atoms with van der Waals surface area (Å²) in [6, 6.07) is 7.16. The lowest BCUT2D eigenvalue weighted by molar-refractivity contribution is 0.628. The van der Waals surface area contributed by atoms with Crippen LogP contribution in [0.1, 0.15) is 18.9 Å². The highest BCUT2D eigenvalue weighted by Gasteiger charge is 2.29. The van der Waals surface area contributed by atoms with Crippen LogP contribution in [0, 0.1) is 5.82 Å². The van der Waals surface area contributed by atoms with Crippen molar-refractivity contribution < 1.29 is 4.39 Å². The molecular weight excluding hydrogens is 261 g/mol. The van der Waals surface area contributed by atoms with Crippen LogP contribution >= 0.6 is 11.3 Å². The summed E-state index contributed by atoms with van der Waals surface area (Å²) >= 11 is 1.50. The van der Waals surface area contributed by atoms with Crippen LogP contribution in [-0.2, 0) is 0 Å². The van der Waals surface area contributed by atoms with Gasteiger partial charge in [0.25, 0.3) is 0 Å². The van der Waals surface area contributed by atoms with Crippen molar-refractivity contribution >= 4 is 27.4 Å². The van der Waals surface area contributed by atoms with Crippen LogP contribution in [0.15, 0.2) is 29.6 Å². The highest BCUT2D eigenvalue weighted by molar-refractivity contribution is 7.14. The van der Waals surface area contributed by atoms with Gasteiger partial charge in [-0.3, -0.25) is 0 Å². The molecule has 0 atom stereocenters. The smallest absolute Gasteiger partial charge is 0.144 e. The molecule has 0 unspecified atom stereocenters. The van der Waals surface area contributed by atoms with E-state index in [9.17, 15) is 4.39 Å². The molecule has 19 heavy (non-hydrogen) atoms. The fraction of sp³-hybridized carbons (Fsp3) is 0.214.